The predicted molar refractivity (Wildman–Crippen MR) is 83.4 cm³/mol. The largest absolute Gasteiger partial charge is 0.333 e. The SMILES string of the molecule is CCC(CC)Cn1cncc1[C@H](N)Cc1ccccc1. The Bertz CT molecular complexity index is 500. The van der Waals surface area contributed by atoms with Crippen LogP contribution in [0.5, 0.6) is 0 Å². The van der Waals surface area contributed by atoms with E-state index in [0.717, 1.165) is 18.7 Å². The van der Waals surface area contributed by atoms with E-state index in [4.69, 9.17) is 5.73 Å². The molecule has 108 valence electrons. The molecule has 0 aliphatic rings. The van der Waals surface area contributed by atoms with E-state index in [9.17, 15) is 0 Å². The van der Waals surface area contributed by atoms with E-state index in [1.165, 1.54) is 18.4 Å². The van der Waals surface area contributed by atoms with Crippen LogP contribution in [0, 0.1) is 5.92 Å². The molecule has 0 saturated carbocycles. The molecule has 0 amide bonds. The summed E-state index contributed by atoms with van der Waals surface area (Å²) in [5.74, 6) is 0.701. The van der Waals surface area contributed by atoms with E-state index < -0.39 is 0 Å². The Morgan fingerprint density at radius 3 is 2.50 bits per heavy atom. The average molecular weight is 271 g/mol. The van der Waals surface area contributed by atoms with Crippen molar-refractivity contribution in [2.75, 3.05) is 0 Å². The number of hydrogen-bond donors (Lipinski definition) is 1. The van der Waals surface area contributed by atoms with Gasteiger partial charge in [-0.25, -0.2) is 4.98 Å². The second-order valence-electron chi connectivity index (χ2n) is 5.45. The molecule has 0 aliphatic carbocycles. The highest BCUT2D eigenvalue weighted by molar-refractivity contribution is 5.18. The molecule has 0 unspecified atom stereocenters. The van der Waals surface area contributed by atoms with Crippen LogP contribution in [0.25, 0.3) is 0 Å². The smallest absolute Gasteiger partial charge is 0.0948 e. The molecular weight excluding hydrogens is 246 g/mol. The van der Waals surface area contributed by atoms with Crippen LogP contribution < -0.4 is 5.73 Å². The minimum absolute atomic E-state index is 0.00858. The van der Waals surface area contributed by atoms with Crippen LogP contribution in [0.1, 0.15) is 44.0 Å². The summed E-state index contributed by atoms with van der Waals surface area (Å²) in [5, 5.41) is 0. The molecule has 0 radical (unpaired) electrons. The Hall–Kier alpha value is -1.61. The van der Waals surface area contributed by atoms with Crippen LogP contribution in [0.3, 0.4) is 0 Å². The first-order valence-electron chi connectivity index (χ1n) is 7.54. The van der Waals surface area contributed by atoms with Crippen LogP contribution in [0.2, 0.25) is 0 Å². The molecule has 2 aromatic rings. The van der Waals surface area contributed by atoms with Crippen molar-refractivity contribution in [3.63, 3.8) is 0 Å². The highest BCUT2D eigenvalue weighted by Gasteiger charge is 2.14. The third-order valence-electron chi connectivity index (χ3n) is 4.03. The fourth-order valence-corrected chi connectivity index (χ4v) is 2.59. The zero-order chi connectivity index (χ0) is 14.4. The standard InChI is InChI=1S/C17H25N3/c1-3-14(4-2)12-20-13-19-11-17(20)16(18)10-15-8-6-5-7-9-15/h5-9,11,13-14,16H,3-4,10,12,18H2,1-2H3/t16-/m1/s1. The molecule has 0 fully saturated rings. The van der Waals surface area contributed by atoms with Gasteiger partial charge in [-0.2, -0.15) is 0 Å². The highest BCUT2D eigenvalue weighted by Crippen LogP contribution is 2.19. The van der Waals surface area contributed by atoms with Crippen LogP contribution >= 0.6 is 0 Å². The molecule has 0 bridgehead atoms. The maximum absolute atomic E-state index is 6.37. The third kappa shape index (κ3) is 3.70. The molecule has 0 aliphatic heterocycles. The number of aromatic nitrogens is 2. The summed E-state index contributed by atoms with van der Waals surface area (Å²) < 4.78 is 2.23. The minimum Gasteiger partial charge on any atom is -0.333 e. The molecule has 3 heteroatoms. The van der Waals surface area contributed by atoms with Crippen molar-refractivity contribution in [2.24, 2.45) is 11.7 Å². The average Bonchev–Trinajstić information content (AvgIpc) is 2.94. The van der Waals surface area contributed by atoms with Gasteiger partial charge in [-0.1, -0.05) is 57.0 Å². The van der Waals surface area contributed by atoms with Crippen LogP contribution in [0.4, 0.5) is 0 Å². The van der Waals surface area contributed by atoms with Crippen LogP contribution in [-0.4, -0.2) is 9.55 Å². The fraction of sp³-hybridized carbons (Fsp3) is 0.471. The minimum atomic E-state index is 0.00858. The van der Waals surface area contributed by atoms with E-state index in [2.05, 4.69) is 47.7 Å². The molecule has 3 nitrogen and oxygen atoms in total. The van der Waals surface area contributed by atoms with E-state index >= 15 is 0 Å². The van der Waals surface area contributed by atoms with Crippen molar-refractivity contribution < 1.29 is 0 Å². The number of nitrogens with zero attached hydrogens (tertiary/aromatic N) is 2. The van der Waals surface area contributed by atoms with Crippen molar-refractivity contribution in [2.45, 2.75) is 45.7 Å². The predicted octanol–water partition coefficient (Wildman–Crippen LogP) is 3.56. The van der Waals surface area contributed by atoms with Gasteiger partial charge in [0, 0.05) is 12.7 Å². The van der Waals surface area contributed by atoms with Crippen molar-refractivity contribution in [3.05, 3.63) is 54.1 Å². The summed E-state index contributed by atoms with van der Waals surface area (Å²) in [4.78, 5) is 4.29. The Kier molecular flexibility index (Phi) is 5.36. The van der Waals surface area contributed by atoms with Gasteiger partial charge >= 0.3 is 0 Å². The topological polar surface area (TPSA) is 43.8 Å². The number of nitrogens with two attached hydrogens (primary N) is 1. The molecule has 1 heterocycles. The molecule has 1 atom stereocenters. The molecule has 2 rings (SSSR count). The summed E-state index contributed by atoms with van der Waals surface area (Å²) in [6.07, 6.45) is 7.08. The van der Waals surface area contributed by atoms with E-state index in [1.807, 2.05) is 18.6 Å². The first-order valence-corrected chi connectivity index (χ1v) is 7.54. The lowest BCUT2D eigenvalue weighted by atomic mass is 10.0. The van der Waals surface area contributed by atoms with Crippen LogP contribution in [-0.2, 0) is 13.0 Å². The zero-order valence-corrected chi connectivity index (χ0v) is 12.5. The molecule has 0 saturated heterocycles. The van der Waals surface area contributed by atoms with Gasteiger partial charge in [0.1, 0.15) is 0 Å². The van der Waals surface area contributed by atoms with Gasteiger partial charge in [-0.15, -0.1) is 0 Å². The van der Waals surface area contributed by atoms with E-state index in [0.29, 0.717) is 5.92 Å². The van der Waals surface area contributed by atoms with Gasteiger partial charge in [0.15, 0.2) is 0 Å². The van der Waals surface area contributed by atoms with Crippen molar-refractivity contribution >= 4 is 0 Å². The molecular formula is C17H25N3. The van der Waals surface area contributed by atoms with Crippen molar-refractivity contribution in [1.82, 2.24) is 9.55 Å². The summed E-state index contributed by atoms with van der Waals surface area (Å²) in [7, 11) is 0. The van der Waals surface area contributed by atoms with Gasteiger partial charge < -0.3 is 10.3 Å². The third-order valence-corrected chi connectivity index (χ3v) is 4.03. The molecule has 1 aromatic carbocycles. The first-order chi connectivity index (χ1) is 9.74. The Morgan fingerprint density at radius 1 is 1.15 bits per heavy atom. The maximum Gasteiger partial charge on any atom is 0.0948 e. The summed E-state index contributed by atoms with van der Waals surface area (Å²) in [6.45, 7) is 5.51. The van der Waals surface area contributed by atoms with Gasteiger partial charge in [0.05, 0.1) is 18.1 Å². The molecule has 0 spiro atoms. The van der Waals surface area contributed by atoms with Gasteiger partial charge in [-0.3, -0.25) is 0 Å². The summed E-state index contributed by atoms with van der Waals surface area (Å²) in [6, 6.07) is 10.4. The quantitative estimate of drug-likeness (QED) is 0.836. The van der Waals surface area contributed by atoms with Gasteiger partial charge in [0.2, 0.25) is 0 Å². The van der Waals surface area contributed by atoms with Crippen molar-refractivity contribution in [1.29, 1.82) is 0 Å². The monoisotopic (exact) mass is 271 g/mol. The fourth-order valence-electron chi connectivity index (χ4n) is 2.59. The maximum atomic E-state index is 6.37. The van der Waals surface area contributed by atoms with Gasteiger partial charge in [0.25, 0.3) is 0 Å². The van der Waals surface area contributed by atoms with E-state index in [1.54, 1.807) is 0 Å². The normalized spacial score (nSPS) is 12.8. The van der Waals surface area contributed by atoms with Crippen LogP contribution in [0.15, 0.2) is 42.9 Å². The lowest BCUT2D eigenvalue weighted by Crippen LogP contribution is -2.20. The second-order valence-corrected chi connectivity index (χ2v) is 5.45. The number of hydrogen-bond acceptors (Lipinski definition) is 2. The Labute approximate surface area is 121 Å². The second kappa shape index (κ2) is 7.25. The van der Waals surface area contributed by atoms with Crippen molar-refractivity contribution in [3.8, 4) is 0 Å². The Morgan fingerprint density at radius 2 is 1.85 bits per heavy atom. The number of rotatable bonds is 7. The summed E-state index contributed by atoms with van der Waals surface area (Å²) in [5.41, 5.74) is 8.78. The summed E-state index contributed by atoms with van der Waals surface area (Å²) >= 11 is 0. The first kappa shape index (κ1) is 14.8. The van der Waals surface area contributed by atoms with Gasteiger partial charge in [-0.05, 0) is 17.9 Å². The molecule has 1 aromatic heterocycles. The number of benzene rings is 1. The Balaban J connectivity index is 2.07. The zero-order valence-electron chi connectivity index (χ0n) is 12.5. The molecule has 2 N–H and O–H groups in total. The lowest BCUT2D eigenvalue weighted by Gasteiger charge is -2.18. The molecule has 20 heavy (non-hydrogen) atoms. The number of imidazole rings is 1. The van der Waals surface area contributed by atoms with E-state index in [-0.39, 0.29) is 6.04 Å². The highest BCUT2D eigenvalue weighted by atomic mass is 15.1. The lowest BCUT2D eigenvalue weighted by molar-refractivity contribution is 0.406.